The summed E-state index contributed by atoms with van der Waals surface area (Å²) in [4.78, 5) is 11.5. The Bertz CT molecular complexity index is 381. The minimum absolute atomic E-state index is 0.0734. The lowest BCUT2D eigenvalue weighted by Gasteiger charge is -2.09. The van der Waals surface area contributed by atoms with E-state index < -0.39 is 24.4 Å². The number of halogens is 1. The van der Waals surface area contributed by atoms with Gasteiger partial charge in [0.15, 0.2) is 0 Å². The monoisotopic (exact) mass is 227 g/mol. The van der Waals surface area contributed by atoms with E-state index in [1.807, 2.05) is 0 Å². The summed E-state index contributed by atoms with van der Waals surface area (Å²) in [6, 6.07) is 4.27. The number of carbonyl (C=O) groups excluding carboxylic acids is 1. The van der Waals surface area contributed by atoms with Crippen molar-refractivity contribution in [3.05, 3.63) is 35.1 Å². The van der Waals surface area contributed by atoms with Gasteiger partial charge in [-0.25, -0.2) is 4.39 Å². The molecule has 5 heteroatoms. The number of aliphatic hydroxyl groups excluding tert-OH is 2. The Balaban J connectivity index is 2.66. The molecule has 16 heavy (non-hydrogen) atoms. The minimum atomic E-state index is -1.03. The molecular weight excluding hydrogens is 213 g/mol. The standard InChI is InChI=1S/C11H14FNO3/c1-7-2-3-9(10(12)4-7)11(16)13-5-8(15)6-14/h2-4,8,14-15H,5-6H2,1H3,(H,13,16). The van der Waals surface area contributed by atoms with Crippen LogP contribution in [0.4, 0.5) is 4.39 Å². The van der Waals surface area contributed by atoms with E-state index in [0.29, 0.717) is 0 Å². The molecule has 0 aliphatic carbocycles. The van der Waals surface area contributed by atoms with E-state index >= 15 is 0 Å². The molecule has 0 spiro atoms. The van der Waals surface area contributed by atoms with Gasteiger partial charge in [-0.05, 0) is 24.6 Å². The Kier molecular flexibility index (Phi) is 4.39. The fourth-order valence-electron chi connectivity index (χ4n) is 1.17. The lowest BCUT2D eigenvalue weighted by Crippen LogP contribution is -2.34. The molecule has 3 N–H and O–H groups in total. The number of nitrogens with one attached hydrogen (secondary N) is 1. The van der Waals surface area contributed by atoms with Crippen molar-refractivity contribution in [1.29, 1.82) is 0 Å². The first kappa shape index (κ1) is 12.6. The van der Waals surface area contributed by atoms with Crippen molar-refractivity contribution in [3.63, 3.8) is 0 Å². The van der Waals surface area contributed by atoms with Gasteiger partial charge in [0.2, 0.25) is 0 Å². The molecule has 1 amide bonds. The zero-order valence-corrected chi connectivity index (χ0v) is 8.90. The van der Waals surface area contributed by atoms with Crippen LogP contribution >= 0.6 is 0 Å². The van der Waals surface area contributed by atoms with E-state index in [0.717, 1.165) is 5.56 Å². The molecule has 88 valence electrons. The maximum absolute atomic E-state index is 13.3. The van der Waals surface area contributed by atoms with Crippen LogP contribution in [0, 0.1) is 12.7 Å². The number of hydrogen-bond acceptors (Lipinski definition) is 3. The molecule has 1 aromatic rings. The van der Waals surface area contributed by atoms with Crippen molar-refractivity contribution < 1.29 is 19.4 Å². The van der Waals surface area contributed by atoms with Gasteiger partial charge in [0.05, 0.1) is 18.3 Å². The molecular formula is C11H14FNO3. The van der Waals surface area contributed by atoms with Crippen LogP contribution in [0.2, 0.25) is 0 Å². The molecule has 0 saturated heterocycles. The predicted octanol–water partition coefficient (Wildman–Crippen LogP) is 0.217. The van der Waals surface area contributed by atoms with Crippen LogP contribution in [0.3, 0.4) is 0 Å². The summed E-state index contributed by atoms with van der Waals surface area (Å²) >= 11 is 0. The van der Waals surface area contributed by atoms with Crippen molar-refractivity contribution in [2.24, 2.45) is 0 Å². The topological polar surface area (TPSA) is 69.6 Å². The van der Waals surface area contributed by atoms with Crippen molar-refractivity contribution in [3.8, 4) is 0 Å². The molecule has 0 fully saturated rings. The highest BCUT2D eigenvalue weighted by molar-refractivity contribution is 5.94. The molecule has 1 atom stereocenters. The summed E-state index contributed by atoms with van der Waals surface area (Å²) in [5.41, 5.74) is 0.653. The SMILES string of the molecule is Cc1ccc(C(=O)NCC(O)CO)c(F)c1. The second kappa shape index (κ2) is 5.58. The smallest absolute Gasteiger partial charge is 0.254 e. The molecule has 0 radical (unpaired) electrons. The predicted molar refractivity (Wildman–Crippen MR) is 56.6 cm³/mol. The van der Waals surface area contributed by atoms with Crippen LogP contribution < -0.4 is 5.32 Å². The summed E-state index contributed by atoms with van der Waals surface area (Å²) in [6.07, 6.45) is -1.03. The molecule has 0 saturated carbocycles. The maximum Gasteiger partial charge on any atom is 0.254 e. The second-order valence-corrected chi connectivity index (χ2v) is 3.53. The Hall–Kier alpha value is -1.46. The van der Waals surface area contributed by atoms with Crippen LogP contribution in [0.15, 0.2) is 18.2 Å². The average molecular weight is 227 g/mol. The largest absolute Gasteiger partial charge is 0.394 e. The molecule has 0 aliphatic heterocycles. The van der Waals surface area contributed by atoms with Crippen molar-refractivity contribution in [2.75, 3.05) is 13.2 Å². The van der Waals surface area contributed by atoms with Gasteiger partial charge in [0.25, 0.3) is 5.91 Å². The van der Waals surface area contributed by atoms with E-state index in [4.69, 9.17) is 10.2 Å². The highest BCUT2D eigenvalue weighted by atomic mass is 19.1. The van der Waals surface area contributed by atoms with Gasteiger partial charge in [-0.15, -0.1) is 0 Å². The molecule has 0 aliphatic rings. The van der Waals surface area contributed by atoms with Crippen LogP contribution in [0.5, 0.6) is 0 Å². The van der Waals surface area contributed by atoms with E-state index in [1.54, 1.807) is 13.0 Å². The Morgan fingerprint density at radius 1 is 1.56 bits per heavy atom. The highest BCUT2D eigenvalue weighted by Crippen LogP contribution is 2.09. The van der Waals surface area contributed by atoms with Gasteiger partial charge >= 0.3 is 0 Å². The quantitative estimate of drug-likeness (QED) is 0.689. The highest BCUT2D eigenvalue weighted by Gasteiger charge is 2.12. The third-order valence-corrected chi connectivity index (χ3v) is 2.08. The number of rotatable bonds is 4. The lowest BCUT2D eigenvalue weighted by atomic mass is 10.1. The van der Waals surface area contributed by atoms with Crippen LogP contribution in [0.1, 0.15) is 15.9 Å². The zero-order chi connectivity index (χ0) is 12.1. The van der Waals surface area contributed by atoms with E-state index in [2.05, 4.69) is 5.32 Å². The third-order valence-electron chi connectivity index (χ3n) is 2.08. The summed E-state index contributed by atoms with van der Waals surface area (Å²) in [6.45, 7) is 1.17. The summed E-state index contributed by atoms with van der Waals surface area (Å²) < 4.78 is 13.3. The fraction of sp³-hybridized carbons (Fsp3) is 0.364. The maximum atomic E-state index is 13.3. The number of hydrogen-bond donors (Lipinski definition) is 3. The number of amides is 1. The first-order valence-corrected chi connectivity index (χ1v) is 4.88. The van der Waals surface area contributed by atoms with Crippen LogP contribution in [0.25, 0.3) is 0 Å². The normalized spacial score (nSPS) is 12.2. The molecule has 1 rings (SSSR count). The van der Waals surface area contributed by atoms with Gasteiger partial charge in [0, 0.05) is 6.54 Å². The minimum Gasteiger partial charge on any atom is -0.394 e. The molecule has 0 heterocycles. The van der Waals surface area contributed by atoms with Gasteiger partial charge in [-0.2, -0.15) is 0 Å². The Morgan fingerprint density at radius 2 is 2.25 bits per heavy atom. The van der Waals surface area contributed by atoms with E-state index in [-0.39, 0.29) is 12.1 Å². The molecule has 1 unspecified atom stereocenters. The molecule has 0 bridgehead atoms. The summed E-state index contributed by atoms with van der Waals surface area (Å²) in [7, 11) is 0. The van der Waals surface area contributed by atoms with Gasteiger partial charge < -0.3 is 15.5 Å². The Morgan fingerprint density at radius 3 is 2.81 bits per heavy atom. The van der Waals surface area contributed by atoms with E-state index in [9.17, 15) is 9.18 Å². The van der Waals surface area contributed by atoms with Gasteiger partial charge in [-0.3, -0.25) is 4.79 Å². The third kappa shape index (κ3) is 3.29. The Labute approximate surface area is 92.7 Å². The van der Waals surface area contributed by atoms with Crippen molar-refractivity contribution >= 4 is 5.91 Å². The zero-order valence-electron chi connectivity index (χ0n) is 8.90. The van der Waals surface area contributed by atoms with Crippen molar-refractivity contribution in [1.82, 2.24) is 5.32 Å². The van der Waals surface area contributed by atoms with Crippen LogP contribution in [-0.2, 0) is 0 Å². The number of aliphatic hydroxyl groups is 2. The first-order chi connectivity index (χ1) is 7.54. The summed E-state index contributed by atoms with van der Waals surface area (Å²) in [5.74, 6) is -1.21. The van der Waals surface area contributed by atoms with Gasteiger partial charge in [-0.1, -0.05) is 6.07 Å². The number of aryl methyl sites for hydroxylation is 1. The number of benzene rings is 1. The first-order valence-electron chi connectivity index (χ1n) is 4.88. The summed E-state index contributed by atoms with van der Waals surface area (Å²) in [5, 5.41) is 19.9. The van der Waals surface area contributed by atoms with Gasteiger partial charge in [0.1, 0.15) is 5.82 Å². The number of carbonyl (C=O) groups is 1. The van der Waals surface area contributed by atoms with Crippen molar-refractivity contribution in [2.45, 2.75) is 13.0 Å². The molecule has 1 aromatic carbocycles. The van der Waals surface area contributed by atoms with E-state index in [1.165, 1.54) is 12.1 Å². The second-order valence-electron chi connectivity index (χ2n) is 3.53. The lowest BCUT2D eigenvalue weighted by molar-refractivity contribution is 0.0799. The molecule has 4 nitrogen and oxygen atoms in total. The molecule has 0 aromatic heterocycles. The van der Waals surface area contributed by atoms with Crippen LogP contribution in [-0.4, -0.2) is 35.4 Å². The fourth-order valence-corrected chi connectivity index (χ4v) is 1.17. The average Bonchev–Trinajstić information content (AvgIpc) is 2.25.